The number of rotatable bonds is 4. The van der Waals surface area contributed by atoms with E-state index in [0.29, 0.717) is 18.7 Å². The lowest BCUT2D eigenvalue weighted by molar-refractivity contribution is -0.137. The molecule has 1 heterocycles. The summed E-state index contributed by atoms with van der Waals surface area (Å²) in [6, 6.07) is 2.05. The topological polar surface area (TPSA) is 137 Å². The summed E-state index contributed by atoms with van der Waals surface area (Å²) in [6.07, 6.45) is 2.68. The van der Waals surface area contributed by atoms with Crippen molar-refractivity contribution in [1.29, 1.82) is 5.26 Å². The number of aliphatic carboxylic acids is 1. The van der Waals surface area contributed by atoms with Crippen molar-refractivity contribution in [3.63, 3.8) is 0 Å². The van der Waals surface area contributed by atoms with Gasteiger partial charge in [-0.05, 0) is 25.7 Å². The van der Waals surface area contributed by atoms with Gasteiger partial charge in [0.25, 0.3) is 0 Å². The minimum Gasteiger partial charge on any atom is -0.480 e. The van der Waals surface area contributed by atoms with Gasteiger partial charge < -0.3 is 21.3 Å². The number of nitrogen functional groups attached to an aromatic ring is 1. The van der Waals surface area contributed by atoms with Gasteiger partial charge in [0.15, 0.2) is 5.82 Å². The van der Waals surface area contributed by atoms with Gasteiger partial charge >= 0.3 is 5.97 Å². The van der Waals surface area contributed by atoms with Crippen LogP contribution in [-0.2, 0) is 11.3 Å². The van der Waals surface area contributed by atoms with Gasteiger partial charge in [0.05, 0.1) is 6.10 Å². The fraction of sp³-hybridized carbons (Fsp3) is 0.583. The molecule has 0 radical (unpaired) electrons. The van der Waals surface area contributed by atoms with Crippen molar-refractivity contribution in [3.05, 3.63) is 5.56 Å². The molecule has 0 amide bonds. The Bertz CT molecular complexity index is 540. The Labute approximate surface area is 115 Å². The van der Waals surface area contributed by atoms with Gasteiger partial charge in [-0.3, -0.25) is 4.79 Å². The van der Waals surface area contributed by atoms with Crippen LogP contribution in [0.1, 0.15) is 31.2 Å². The third kappa shape index (κ3) is 3.00. The Balaban J connectivity index is 2.15. The molecule has 8 heteroatoms. The summed E-state index contributed by atoms with van der Waals surface area (Å²) < 4.78 is 1.10. The smallest absolute Gasteiger partial charge is 0.325 e. The fourth-order valence-electron chi connectivity index (χ4n) is 2.35. The van der Waals surface area contributed by atoms with Crippen molar-refractivity contribution < 1.29 is 15.0 Å². The highest BCUT2D eigenvalue weighted by Crippen LogP contribution is 2.26. The number of nitriles is 1. The summed E-state index contributed by atoms with van der Waals surface area (Å²) in [7, 11) is 0. The fourth-order valence-corrected chi connectivity index (χ4v) is 2.35. The van der Waals surface area contributed by atoms with Crippen molar-refractivity contribution >= 4 is 17.6 Å². The quantitative estimate of drug-likeness (QED) is 0.615. The highest BCUT2D eigenvalue weighted by Gasteiger charge is 2.23. The lowest BCUT2D eigenvalue weighted by atomic mass is 9.93. The molecule has 1 saturated carbocycles. The first-order chi connectivity index (χ1) is 9.51. The van der Waals surface area contributed by atoms with Gasteiger partial charge in [-0.25, -0.2) is 4.68 Å². The number of carboxylic acids is 1. The SMILES string of the molecule is N#Cc1c(NC2CCC(O)CC2)nn(CC(=O)O)c1N. The molecule has 0 aromatic carbocycles. The van der Waals surface area contributed by atoms with Gasteiger partial charge in [-0.1, -0.05) is 0 Å². The minimum atomic E-state index is -1.07. The van der Waals surface area contributed by atoms with Crippen LogP contribution in [0.4, 0.5) is 11.6 Å². The van der Waals surface area contributed by atoms with E-state index in [2.05, 4.69) is 10.4 Å². The van der Waals surface area contributed by atoms with Crippen molar-refractivity contribution in [3.8, 4) is 6.07 Å². The molecule has 0 saturated heterocycles. The Morgan fingerprint density at radius 3 is 2.70 bits per heavy atom. The van der Waals surface area contributed by atoms with Gasteiger partial charge in [0.1, 0.15) is 24.0 Å². The normalized spacial score (nSPS) is 22.2. The van der Waals surface area contributed by atoms with Crippen molar-refractivity contribution in [2.75, 3.05) is 11.1 Å². The maximum absolute atomic E-state index is 10.7. The number of nitrogens with two attached hydrogens (primary N) is 1. The van der Waals surface area contributed by atoms with Crippen molar-refractivity contribution in [2.24, 2.45) is 0 Å². The van der Waals surface area contributed by atoms with Crippen LogP contribution >= 0.6 is 0 Å². The predicted molar refractivity (Wildman–Crippen MR) is 70.9 cm³/mol. The van der Waals surface area contributed by atoms with Gasteiger partial charge in [-0.2, -0.15) is 10.4 Å². The molecule has 1 aliphatic carbocycles. The van der Waals surface area contributed by atoms with E-state index in [1.165, 1.54) is 0 Å². The molecule has 20 heavy (non-hydrogen) atoms. The Morgan fingerprint density at radius 1 is 1.50 bits per heavy atom. The number of carboxylic acid groups (broad SMARTS) is 1. The number of carbonyl (C=O) groups is 1. The molecule has 1 aromatic rings. The number of aliphatic hydroxyl groups is 1. The van der Waals surface area contributed by atoms with Gasteiger partial charge in [-0.15, -0.1) is 0 Å². The summed E-state index contributed by atoms with van der Waals surface area (Å²) in [6.45, 7) is -0.383. The van der Waals surface area contributed by atoms with Crippen LogP contribution in [-0.4, -0.2) is 38.1 Å². The van der Waals surface area contributed by atoms with E-state index in [-0.39, 0.29) is 30.1 Å². The molecule has 108 valence electrons. The van der Waals surface area contributed by atoms with E-state index >= 15 is 0 Å². The third-order valence-corrected chi connectivity index (χ3v) is 3.43. The summed E-state index contributed by atoms with van der Waals surface area (Å²) in [5.74, 6) is -0.711. The van der Waals surface area contributed by atoms with Crippen LogP contribution in [0.2, 0.25) is 0 Å². The summed E-state index contributed by atoms with van der Waals surface area (Å²) >= 11 is 0. The maximum atomic E-state index is 10.7. The monoisotopic (exact) mass is 279 g/mol. The van der Waals surface area contributed by atoms with Crippen LogP contribution in [0.25, 0.3) is 0 Å². The minimum absolute atomic E-state index is 0.0493. The van der Waals surface area contributed by atoms with E-state index in [1.807, 2.05) is 6.07 Å². The Morgan fingerprint density at radius 2 is 2.15 bits per heavy atom. The molecule has 0 bridgehead atoms. The zero-order chi connectivity index (χ0) is 14.7. The molecule has 0 aliphatic heterocycles. The largest absolute Gasteiger partial charge is 0.480 e. The molecular weight excluding hydrogens is 262 g/mol. The molecular formula is C12H17N5O3. The van der Waals surface area contributed by atoms with Gasteiger partial charge in [0, 0.05) is 6.04 Å². The molecule has 0 unspecified atom stereocenters. The number of hydrogen-bond acceptors (Lipinski definition) is 6. The summed E-state index contributed by atoms with van der Waals surface area (Å²) in [5, 5.41) is 34.5. The third-order valence-electron chi connectivity index (χ3n) is 3.43. The molecule has 1 aliphatic rings. The molecule has 8 nitrogen and oxygen atoms in total. The Hall–Kier alpha value is -2.27. The first kappa shape index (κ1) is 14.1. The molecule has 0 spiro atoms. The predicted octanol–water partition coefficient (Wildman–Crippen LogP) is 0.137. The first-order valence-corrected chi connectivity index (χ1v) is 6.44. The number of aliphatic hydroxyl groups excluding tert-OH is 1. The van der Waals surface area contributed by atoms with Crippen LogP contribution < -0.4 is 11.1 Å². The van der Waals surface area contributed by atoms with Crippen molar-refractivity contribution in [1.82, 2.24) is 9.78 Å². The van der Waals surface area contributed by atoms with E-state index in [9.17, 15) is 9.90 Å². The molecule has 1 fully saturated rings. The second-order valence-corrected chi connectivity index (χ2v) is 4.92. The Kier molecular flexibility index (Phi) is 4.10. The number of nitrogens with one attached hydrogen (secondary N) is 1. The number of aromatic nitrogens is 2. The molecule has 2 rings (SSSR count). The number of anilines is 2. The van der Waals surface area contributed by atoms with Crippen molar-refractivity contribution in [2.45, 2.75) is 44.4 Å². The standard InChI is InChI=1S/C12H17N5O3/c13-5-9-11(14)17(6-10(19)20)16-12(9)15-7-1-3-8(18)4-2-7/h7-8,18H,1-4,6,14H2,(H,15,16)(H,19,20). The molecule has 1 aromatic heterocycles. The highest BCUT2D eigenvalue weighted by atomic mass is 16.4. The van der Waals surface area contributed by atoms with Crippen LogP contribution in [0, 0.1) is 11.3 Å². The van der Waals surface area contributed by atoms with E-state index < -0.39 is 5.97 Å². The zero-order valence-electron chi connectivity index (χ0n) is 10.9. The van der Waals surface area contributed by atoms with E-state index in [4.69, 9.17) is 16.1 Å². The zero-order valence-corrected chi connectivity index (χ0v) is 10.9. The second kappa shape index (κ2) is 5.79. The number of hydrogen-bond donors (Lipinski definition) is 4. The lowest BCUT2D eigenvalue weighted by Gasteiger charge is -2.26. The highest BCUT2D eigenvalue weighted by molar-refractivity contribution is 5.70. The van der Waals surface area contributed by atoms with Crippen LogP contribution in [0.3, 0.4) is 0 Å². The van der Waals surface area contributed by atoms with Crippen LogP contribution in [0.15, 0.2) is 0 Å². The summed E-state index contributed by atoms with van der Waals surface area (Å²) in [4.78, 5) is 10.7. The number of nitrogens with zero attached hydrogens (tertiary/aromatic N) is 3. The van der Waals surface area contributed by atoms with E-state index in [0.717, 1.165) is 17.5 Å². The second-order valence-electron chi connectivity index (χ2n) is 4.92. The average Bonchev–Trinajstić information content (AvgIpc) is 2.67. The van der Waals surface area contributed by atoms with E-state index in [1.54, 1.807) is 0 Å². The van der Waals surface area contributed by atoms with Crippen LogP contribution in [0.5, 0.6) is 0 Å². The molecule has 5 N–H and O–H groups in total. The van der Waals surface area contributed by atoms with Gasteiger partial charge in [0.2, 0.25) is 0 Å². The summed E-state index contributed by atoms with van der Waals surface area (Å²) in [5.41, 5.74) is 5.89. The molecule has 0 atom stereocenters. The lowest BCUT2D eigenvalue weighted by Crippen LogP contribution is -2.28. The first-order valence-electron chi connectivity index (χ1n) is 6.44. The average molecular weight is 279 g/mol. The maximum Gasteiger partial charge on any atom is 0.325 e.